The van der Waals surface area contributed by atoms with Crippen LogP contribution >= 0.6 is 0 Å². The molecule has 2 aromatic carbocycles. The van der Waals surface area contributed by atoms with Crippen molar-refractivity contribution in [1.29, 1.82) is 0 Å². The summed E-state index contributed by atoms with van der Waals surface area (Å²) >= 11 is 0. The van der Waals surface area contributed by atoms with Crippen molar-refractivity contribution in [1.82, 2.24) is 5.32 Å². The van der Waals surface area contributed by atoms with Gasteiger partial charge in [0.25, 0.3) is 0 Å². The molecule has 2 nitrogen and oxygen atoms in total. The highest BCUT2D eigenvalue weighted by Gasteiger charge is 2.18. The zero-order valence-corrected chi connectivity index (χ0v) is 13.4. The van der Waals surface area contributed by atoms with Gasteiger partial charge in [-0.3, -0.25) is 0 Å². The van der Waals surface area contributed by atoms with Gasteiger partial charge in [-0.05, 0) is 44.5 Å². The fraction of sp³-hybridized carbons (Fsp3) is 0.368. The molecule has 0 aromatic heterocycles. The van der Waals surface area contributed by atoms with Crippen LogP contribution in [-0.4, -0.2) is 13.2 Å². The van der Waals surface area contributed by atoms with Crippen molar-refractivity contribution in [2.75, 3.05) is 13.2 Å². The van der Waals surface area contributed by atoms with Crippen molar-refractivity contribution >= 4 is 0 Å². The summed E-state index contributed by atoms with van der Waals surface area (Å²) < 4.78 is 5.81. The molecule has 1 atom stereocenters. The zero-order chi connectivity index (χ0) is 15.2. The Balaban J connectivity index is 2.48. The molecule has 0 saturated heterocycles. The molecule has 21 heavy (non-hydrogen) atoms. The first-order valence-corrected chi connectivity index (χ1v) is 7.69. The Labute approximate surface area is 128 Å². The standard InChI is InChI=1S/C19H25NO/c1-5-20-19(16-12-11-14(3)13-15(16)4)17-9-7-8-10-18(17)21-6-2/h7-13,19-20H,5-6H2,1-4H3. The first-order chi connectivity index (χ1) is 10.2. The molecular formula is C19H25NO. The summed E-state index contributed by atoms with van der Waals surface area (Å²) in [5.74, 6) is 0.964. The minimum atomic E-state index is 0.165. The summed E-state index contributed by atoms with van der Waals surface area (Å²) in [5.41, 5.74) is 5.12. The second kappa shape index (κ2) is 7.28. The fourth-order valence-electron chi connectivity index (χ4n) is 2.75. The van der Waals surface area contributed by atoms with E-state index in [9.17, 15) is 0 Å². The Kier molecular flexibility index (Phi) is 5.40. The number of para-hydroxylation sites is 1. The summed E-state index contributed by atoms with van der Waals surface area (Å²) in [6, 6.07) is 15.1. The van der Waals surface area contributed by atoms with Crippen molar-refractivity contribution in [2.24, 2.45) is 0 Å². The highest BCUT2D eigenvalue weighted by Crippen LogP contribution is 2.32. The molecule has 2 heteroatoms. The van der Waals surface area contributed by atoms with E-state index in [2.05, 4.69) is 56.4 Å². The third-order valence-electron chi connectivity index (χ3n) is 3.67. The van der Waals surface area contributed by atoms with Crippen LogP contribution in [0.5, 0.6) is 5.75 Å². The highest BCUT2D eigenvalue weighted by molar-refractivity contribution is 5.44. The SMILES string of the molecule is CCNC(c1ccc(C)cc1C)c1ccccc1OCC. The molecule has 0 aliphatic rings. The summed E-state index contributed by atoms with van der Waals surface area (Å²) in [6.07, 6.45) is 0. The van der Waals surface area contributed by atoms with Gasteiger partial charge in [0, 0.05) is 5.56 Å². The van der Waals surface area contributed by atoms with E-state index in [0.29, 0.717) is 6.61 Å². The average molecular weight is 283 g/mol. The molecule has 112 valence electrons. The van der Waals surface area contributed by atoms with Crippen LogP contribution in [0, 0.1) is 13.8 Å². The van der Waals surface area contributed by atoms with Crippen LogP contribution in [-0.2, 0) is 0 Å². The van der Waals surface area contributed by atoms with Crippen LogP contribution in [0.25, 0.3) is 0 Å². The summed E-state index contributed by atoms with van der Waals surface area (Å²) in [7, 11) is 0. The van der Waals surface area contributed by atoms with Gasteiger partial charge < -0.3 is 10.1 Å². The van der Waals surface area contributed by atoms with Crippen LogP contribution in [0.15, 0.2) is 42.5 Å². The Morgan fingerprint density at radius 3 is 2.43 bits per heavy atom. The predicted molar refractivity (Wildman–Crippen MR) is 89.0 cm³/mol. The zero-order valence-electron chi connectivity index (χ0n) is 13.4. The molecule has 0 radical (unpaired) electrons. The molecule has 1 N–H and O–H groups in total. The second-order valence-electron chi connectivity index (χ2n) is 5.32. The normalized spacial score (nSPS) is 12.2. The third-order valence-corrected chi connectivity index (χ3v) is 3.67. The maximum absolute atomic E-state index is 5.81. The Morgan fingerprint density at radius 2 is 1.76 bits per heavy atom. The summed E-state index contributed by atoms with van der Waals surface area (Å²) in [4.78, 5) is 0. The van der Waals surface area contributed by atoms with E-state index in [4.69, 9.17) is 4.74 Å². The van der Waals surface area contributed by atoms with Gasteiger partial charge in [0.15, 0.2) is 0 Å². The van der Waals surface area contributed by atoms with Gasteiger partial charge in [-0.25, -0.2) is 0 Å². The molecule has 0 bridgehead atoms. The van der Waals surface area contributed by atoms with Crippen molar-refractivity contribution < 1.29 is 4.74 Å². The monoisotopic (exact) mass is 283 g/mol. The predicted octanol–water partition coefficient (Wildman–Crippen LogP) is 4.40. The van der Waals surface area contributed by atoms with E-state index in [1.54, 1.807) is 0 Å². The van der Waals surface area contributed by atoms with Crippen LogP contribution in [0.4, 0.5) is 0 Å². The van der Waals surface area contributed by atoms with Crippen molar-refractivity contribution in [3.8, 4) is 5.75 Å². The van der Waals surface area contributed by atoms with Crippen molar-refractivity contribution in [3.63, 3.8) is 0 Å². The van der Waals surface area contributed by atoms with Crippen molar-refractivity contribution in [2.45, 2.75) is 33.7 Å². The van der Waals surface area contributed by atoms with Gasteiger partial charge in [-0.1, -0.05) is 48.9 Å². The molecule has 0 aliphatic carbocycles. The largest absolute Gasteiger partial charge is 0.494 e. The molecule has 0 amide bonds. The van der Waals surface area contributed by atoms with E-state index in [0.717, 1.165) is 12.3 Å². The first-order valence-electron chi connectivity index (χ1n) is 7.69. The van der Waals surface area contributed by atoms with Gasteiger partial charge in [-0.2, -0.15) is 0 Å². The summed E-state index contributed by atoms with van der Waals surface area (Å²) in [5, 5.41) is 3.59. The van der Waals surface area contributed by atoms with Crippen LogP contribution in [0.3, 0.4) is 0 Å². The maximum atomic E-state index is 5.81. The van der Waals surface area contributed by atoms with E-state index < -0.39 is 0 Å². The number of benzene rings is 2. The number of aryl methyl sites for hydroxylation is 2. The lowest BCUT2D eigenvalue weighted by molar-refractivity contribution is 0.333. The quantitative estimate of drug-likeness (QED) is 0.848. The first kappa shape index (κ1) is 15.6. The molecule has 0 fully saturated rings. The van der Waals surface area contributed by atoms with Gasteiger partial charge in [0.1, 0.15) is 5.75 Å². The number of hydrogen-bond donors (Lipinski definition) is 1. The van der Waals surface area contributed by atoms with Gasteiger partial charge in [0.2, 0.25) is 0 Å². The lowest BCUT2D eigenvalue weighted by atomic mass is 9.93. The minimum absolute atomic E-state index is 0.165. The number of rotatable bonds is 6. The molecular weight excluding hydrogens is 258 g/mol. The average Bonchev–Trinajstić information content (AvgIpc) is 2.47. The molecule has 0 saturated carbocycles. The molecule has 2 aromatic rings. The molecule has 0 aliphatic heterocycles. The number of hydrogen-bond acceptors (Lipinski definition) is 2. The van der Waals surface area contributed by atoms with Crippen LogP contribution in [0.2, 0.25) is 0 Å². The lowest BCUT2D eigenvalue weighted by Crippen LogP contribution is -2.23. The van der Waals surface area contributed by atoms with E-state index in [1.165, 1.54) is 22.3 Å². The van der Waals surface area contributed by atoms with Crippen LogP contribution < -0.4 is 10.1 Å². The Hall–Kier alpha value is -1.80. The van der Waals surface area contributed by atoms with Gasteiger partial charge in [-0.15, -0.1) is 0 Å². The molecule has 0 spiro atoms. The third kappa shape index (κ3) is 3.64. The van der Waals surface area contributed by atoms with Gasteiger partial charge >= 0.3 is 0 Å². The number of nitrogens with one attached hydrogen (secondary N) is 1. The summed E-state index contributed by atoms with van der Waals surface area (Å²) in [6.45, 7) is 10.1. The van der Waals surface area contributed by atoms with Crippen LogP contribution in [0.1, 0.15) is 42.1 Å². The second-order valence-corrected chi connectivity index (χ2v) is 5.32. The van der Waals surface area contributed by atoms with E-state index in [-0.39, 0.29) is 6.04 Å². The maximum Gasteiger partial charge on any atom is 0.124 e. The Bertz CT molecular complexity index is 592. The highest BCUT2D eigenvalue weighted by atomic mass is 16.5. The Morgan fingerprint density at radius 1 is 1.00 bits per heavy atom. The van der Waals surface area contributed by atoms with Gasteiger partial charge in [0.05, 0.1) is 12.6 Å². The minimum Gasteiger partial charge on any atom is -0.494 e. The molecule has 2 rings (SSSR count). The fourth-order valence-corrected chi connectivity index (χ4v) is 2.75. The smallest absolute Gasteiger partial charge is 0.124 e. The molecule has 1 unspecified atom stereocenters. The number of ether oxygens (including phenoxy) is 1. The van der Waals surface area contributed by atoms with Crippen molar-refractivity contribution in [3.05, 3.63) is 64.7 Å². The van der Waals surface area contributed by atoms with E-state index in [1.807, 2.05) is 19.1 Å². The molecule has 0 heterocycles. The lowest BCUT2D eigenvalue weighted by Gasteiger charge is -2.23. The topological polar surface area (TPSA) is 21.3 Å². The van der Waals surface area contributed by atoms with E-state index >= 15 is 0 Å².